The van der Waals surface area contributed by atoms with Gasteiger partial charge in [-0.05, 0) is 13.3 Å². The molecule has 1 atom stereocenters. The van der Waals surface area contributed by atoms with Crippen molar-refractivity contribution < 1.29 is 9.53 Å². The monoisotopic (exact) mass is 129 g/mol. The van der Waals surface area contributed by atoms with Crippen molar-refractivity contribution in [2.75, 3.05) is 0 Å². The van der Waals surface area contributed by atoms with Gasteiger partial charge < -0.3 is 4.74 Å². The van der Waals surface area contributed by atoms with Gasteiger partial charge in [0.1, 0.15) is 0 Å². The van der Waals surface area contributed by atoms with E-state index in [1.165, 1.54) is 6.47 Å². The fraction of sp³-hybridized carbons (Fsp3) is 0.857. The Labute approximate surface area is 56.2 Å². The summed E-state index contributed by atoms with van der Waals surface area (Å²) < 4.78 is 4.54. The third-order valence-corrected chi connectivity index (χ3v) is 1.21. The molecule has 53 valence electrons. The Morgan fingerprint density at radius 3 is 2.78 bits per heavy atom. The van der Waals surface area contributed by atoms with Gasteiger partial charge >= 0.3 is 6.47 Å². The molecule has 0 heterocycles. The number of ether oxygens (including phenoxy) is 1. The highest BCUT2D eigenvalue weighted by molar-refractivity contribution is 5.38. The summed E-state index contributed by atoms with van der Waals surface area (Å²) >= 11 is 0. The molecule has 1 radical (unpaired) electrons. The van der Waals surface area contributed by atoms with Crippen LogP contribution in [0.5, 0.6) is 0 Å². The van der Waals surface area contributed by atoms with Crippen LogP contribution in [-0.2, 0) is 9.53 Å². The average Bonchev–Trinajstić information content (AvgIpc) is 1.85. The fourth-order valence-corrected chi connectivity index (χ4v) is 0.633. The maximum Gasteiger partial charge on any atom is 0.417 e. The van der Waals surface area contributed by atoms with Gasteiger partial charge in [-0.25, -0.2) is 4.79 Å². The van der Waals surface area contributed by atoms with Crippen LogP contribution < -0.4 is 0 Å². The van der Waals surface area contributed by atoms with Crippen LogP contribution in [0.15, 0.2) is 0 Å². The second kappa shape index (κ2) is 5.60. The summed E-state index contributed by atoms with van der Waals surface area (Å²) in [7, 11) is 0. The number of unbranched alkanes of at least 4 members (excludes halogenated alkanes) is 1. The smallest absolute Gasteiger partial charge is 0.417 e. The molecule has 0 aliphatic rings. The molecule has 0 spiro atoms. The molecule has 0 bridgehead atoms. The number of carbonyl (C=O) groups excluding carboxylic acids is 1. The average molecular weight is 129 g/mol. The third-order valence-electron chi connectivity index (χ3n) is 1.21. The number of rotatable bonds is 5. The maximum absolute atomic E-state index is 9.63. The summed E-state index contributed by atoms with van der Waals surface area (Å²) in [5, 5.41) is 0. The Kier molecular flexibility index (Phi) is 5.27. The summed E-state index contributed by atoms with van der Waals surface area (Å²) in [5.41, 5.74) is 0. The number of hydrogen-bond donors (Lipinski definition) is 0. The lowest BCUT2D eigenvalue weighted by Gasteiger charge is -2.05. The van der Waals surface area contributed by atoms with Gasteiger partial charge in [-0.2, -0.15) is 0 Å². The van der Waals surface area contributed by atoms with Crippen LogP contribution >= 0.6 is 0 Å². The third kappa shape index (κ3) is 5.34. The van der Waals surface area contributed by atoms with Gasteiger partial charge in [0.25, 0.3) is 0 Å². The molecule has 2 heteroatoms. The van der Waals surface area contributed by atoms with Gasteiger partial charge in [0.15, 0.2) is 0 Å². The van der Waals surface area contributed by atoms with E-state index in [1.807, 2.05) is 6.92 Å². The van der Waals surface area contributed by atoms with Crippen molar-refractivity contribution >= 4 is 6.47 Å². The summed E-state index contributed by atoms with van der Waals surface area (Å²) in [5.74, 6) is 0. The molecule has 0 aromatic carbocycles. The van der Waals surface area contributed by atoms with Crippen molar-refractivity contribution in [2.24, 2.45) is 0 Å². The van der Waals surface area contributed by atoms with E-state index >= 15 is 0 Å². The largest absolute Gasteiger partial charge is 0.454 e. The van der Waals surface area contributed by atoms with E-state index in [-0.39, 0.29) is 6.10 Å². The molecule has 0 amide bonds. The SMILES string of the molecule is CCCCC(C)O[C]=O. The van der Waals surface area contributed by atoms with Crippen molar-refractivity contribution in [1.82, 2.24) is 0 Å². The molecule has 1 unspecified atom stereocenters. The van der Waals surface area contributed by atoms with Crippen LogP contribution in [0.2, 0.25) is 0 Å². The highest BCUT2D eigenvalue weighted by Crippen LogP contribution is 2.01. The van der Waals surface area contributed by atoms with Gasteiger partial charge in [-0.1, -0.05) is 19.8 Å². The highest BCUT2D eigenvalue weighted by atomic mass is 16.5. The number of hydrogen-bond acceptors (Lipinski definition) is 2. The van der Waals surface area contributed by atoms with Gasteiger partial charge in [0, 0.05) is 0 Å². The molecule has 0 aromatic heterocycles. The van der Waals surface area contributed by atoms with Crippen molar-refractivity contribution in [1.29, 1.82) is 0 Å². The van der Waals surface area contributed by atoms with E-state index < -0.39 is 0 Å². The Bertz CT molecular complexity index is 71.3. The lowest BCUT2D eigenvalue weighted by Crippen LogP contribution is -2.05. The van der Waals surface area contributed by atoms with E-state index in [0.29, 0.717) is 0 Å². The first kappa shape index (κ1) is 8.47. The molecule has 0 fully saturated rings. The Morgan fingerprint density at radius 1 is 1.67 bits per heavy atom. The van der Waals surface area contributed by atoms with Crippen LogP contribution in [0.1, 0.15) is 33.1 Å². The normalized spacial score (nSPS) is 12.7. The zero-order valence-electron chi connectivity index (χ0n) is 6.02. The highest BCUT2D eigenvalue weighted by Gasteiger charge is 1.98. The molecule has 0 aliphatic heterocycles. The molecular formula is C7H13O2. The Morgan fingerprint density at radius 2 is 2.33 bits per heavy atom. The van der Waals surface area contributed by atoms with E-state index in [1.54, 1.807) is 0 Å². The topological polar surface area (TPSA) is 26.3 Å². The fourth-order valence-electron chi connectivity index (χ4n) is 0.633. The first-order chi connectivity index (χ1) is 4.31. The molecule has 2 nitrogen and oxygen atoms in total. The van der Waals surface area contributed by atoms with Crippen LogP contribution in [0, 0.1) is 0 Å². The lowest BCUT2D eigenvalue weighted by molar-refractivity contribution is 0.182. The summed E-state index contributed by atoms with van der Waals surface area (Å²) in [6, 6.07) is 0. The van der Waals surface area contributed by atoms with Gasteiger partial charge in [0.2, 0.25) is 0 Å². The summed E-state index contributed by atoms with van der Waals surface area (Å²) in [4.78, 5) is 9.63. The molecule has 0 aliphatic carbocycles. The lowest BCUT2D eigenvalue weighted by atomic mass is 10.2. The minimum atomic E-state index is 0.0439. The van der Waals surface area contributed by atoms with Crippen LogP contribution in [0.3, 0.4) is 0 Å². The van der Waals surface area contributed by atoms with Crippen molar-refractivity contribution in [2.45, 2.75) is 39.2 Å². The Balaban J connectivity index is 3.04. The van der Waals surface area contributed by atoms with Crippen molar-refractivity contribution in [3.05, 3.63) is 0 Å². The predicted octanol–water partition coefficient (Wildman–Crippen LogP) is 1.65. The quantitative estimate of drug-likeness (QED) is 0.564. The van der Waals surface area contributed by atoms with Gasteiger partial charge in [-0.3, -0.25) is 0 Å². The summed E-state index contributed by atoms with van der Waals surface area (Å²) in [6.45, 7) is 5.41. The molecule has 0 rings (SSSR count). The molecule has 0 aromatic rings. The van der Waals surface area contributed by atoms with Crippen LogP contribution in [0.4, 0.5) is 0 Å². The van der Waals surface area contributed by atoms with Crippen molar-refractivity contribution in [3.63, 3.8) is 0 Å². The zero-order chi connectivity index (χ0) is 7.11. The second-order valence-corrected chi connectivity index (χ2v) is 2.15. The van der Waals surface area contributed by atoms with Gasteiger partial charge in [-0.15, -0.1) is 0 Å². The van der Waals surface area contributed by atoms with E-state index in [4.69, 9.17) is 0 Å². The Hall–Kier alpha value is -0.530. The molecule has 0 N–H and O–H groups in total. The first-order valence-electron chi connectivity index (χ1n) is 3.34. The van der Waals surface area contributed by atoms with Crippen LogP contribution in [-0.4, -0.2) is 12.6 Å². The van der Waals surface area contributed by atoms with Gasteiger partial charge in [0.05, 0.1) is 6.10 Å². The van der Waals surface area contributed by atoms with E-state index in [0.717, 1.165) is 19.3 Å². The van der Waals surface area contributed by atoms with Crippen LogP contribution in [0.25, 0.3) is 0 Å². The van der Waals surface area contributed by atoms with E-state index in [2.05, 4.69) is 11.7 Å². The summed E-state index contributed by atoms with van der Waals surface area (Å²) in [6.07, 6.45) is 3.25. The molecular weight excluding hydrogens is 116 g/mol. The first-order valence-corrected chi connectivity index (χ1v) is 3.34. The predicted molar refractivity (Wildman–Crippen MR) is 35.8 cm³/mol. The van der Waals surface area contributed by atoms with Crippen molar-refractivity contribution in [3.8, 4) is 0 Å². The van der Waals surface area contributed by atoms with E-state index in [9.17, 15) is 4.79 Å². The minimum absolute atomic E-state index is 0.0439. The molecule has 9 heavy (non-hydrogen) atoms. The maximum atomic E-state index is 9.63. The standard InChI is InChI=1S/C7H13O2/c1-3-4-5-7(2)9-6-8/h7H,3-5H2,1-2H3. The second-order valence-electron chi connectivity index (χ2n) is 2.15. The zero-order valence-corrected chi connectivity index (χ0v) is 6.02. The molecule has 0 saturated carbocycles. The molecule has 0 saturated heterocycles. The minimum Gasteiger partial charge on any atom is -0.454 e.